The maximum atomic E-state index is 6.23. The summed E-state index contributed by atoms with van der Waals surface area (Å²) in [5.41, 5.74) is 1.85. The van der Waals surface area contributed by atoms with E-state index in [-0.39, 0.29) is 0 Å². The summed E-state index contributed by atoms with van der Waals surface area (Å²) in [6.07, 6.45) is 6.34. The molecule has 1 fully saturated rings. The molecular weight excluding hydrogens is 347 g/mol. The van der Waals surface area contributed by atoms with Gasteiger partial charge in [-0.1, -0.05) is 23.2 Å². The molecule has 3 aromatic heterocycles. The number of halogens is 2. The Morgan fingerprint density at radius 1 is 1.17 bits per heavy atom. The number of aromatic nitrogens is 4. The van der Waals surface area contributed by atoms with Gasteiger partial charge in [0.2, 0.25) is 0 Å². The molecule has 0 radical (unpaired) electrons. The lowest BCUT2D eigenvalue weighted by Gasteiger charge is -2.18. The molecule has 0 aromatic carbocycles. The second-order valence-electron chi connectivity index (χ2n) is 5.89. The number of hydrogen-bond acceptors (Lipinski definition) is 5. The van der Waals surface area contributed by atoms with Gasteiger partial charge in [0.05, 0.1) is 5.02 Å². The van der Waals surface area contributed by atoms with Crippen LogP contribution in [0.15, 0.2) is 36.8 Å². The second kappa shape index (κ2) is 6.55. The Kier molecular flexibility index (Phi) is 4.26. The van der Waals surface area contributed by atoms with Gasteiger partial charge >= 0.3 is 0 Å². The molecule has 1 saturated heterocycles. The van der Waals surface area contributed by atoms with Crippen LogP contribution >= 0.6 is 23.2 Å². The Morgan fingerprint density at radius 3 is 3.00 bits per heavy atom. The van der Waals surface area contributed by atoms with Gasteiger partial charge in [0.25, 0.3) is 0 Å². The maximum Gasteiger partial charge on any atom is 0.153 e. The SMILES string of the molecule is Clc1nccc(CN2CC[C@H](Nc3ccc4nccn4n3)C2)c1Cl. The first kappa shape index (κ1) is 15.6. The second-order valence-corrected chi connectivity index (χ2v) is 6.62. The smallest absolute Gasteiger partial charge is 0.153 e. The van der Waals surface area contributed by atoms with Crippen LogP contribution in [0.4, 0.5) is 5.82 Å². The van der Waals surface area contributed by atoms with Crippen LogP contribution in [0.3, 0.4) is 0 Å². The molecular formula is C16H16Cl2N6. The molecule has 0 aliphatic carbocycles. The predicted octanol–water partition coefficient (Wildman–Crippen LogP) is 3.12. The van der Waals surface area contributed by atoms with E-state index in [9.17, 15) is 0 Å². The molecule has 124 valence electrons. The van der Waals surface area contributed by atoms with E-state index in [0.717, 1.165) is 43.1 Å². The Bertz CT molecular complexity index is 865. The van der Waals surface area contributed by atoms with Gasteiger partial charge in [0, 0.05) is 44.3 Å². The fourth-order valence-corrected chi connectivity index (χ4v) is 3.36. The minimum atomic E-state index is 0.356. The van der Waals surface area contributed by atoms with E-state index < -0.39 is 0 Å². The number of imidazole rings is 1. The Morgan fingerprint density at radius 2 is 2.08 bits per heavy atom. The number of rotatable bonds is 4. The molecule has 0 saturated carbocycles. The summed E-state index contributed by atoms with van der Waals surface area (Å²) < 4.78 is 1.77. The third-order valence-electron chi connectivity index (χ3n) is 4.20. The van der Waals surface area contributed by atoms with Crippen LogP contribution in [0, 0.1) is 0 Å². The van der Waals surface area contributed by atoms with Crippen molar-refractivity contribution in [1.82, 2.24) is 24.5 Å². The number of anilines is 1. The van der Waals surface area contributed by atoms with Crippen LogP contribution in [0.5, 0.6) is 0 Å². The highest BCUT2D eigenvalue weighted by Gasteiger charge is 2.23. The van der Waals surface area contributed by atoms with Crippen LogP contribution in [0.1, 0.15) is 12.0 Å². The number of pyridine rings is 1. The maximum absolute atomic E-state index is 6.23. The van der Waals surface area contributed by atoms with Crippen LogP contribution in [-0.4, -0.2) is 43.6 Å². The molecule has 6 nitrogen and oxygen atoms in total. The van der Waals surface area contributed by atoms with Gasteiger partial charge in [-0.15, -0.1) is 5.10 Å². The molecule has 8 heteroatoms. The molecule has 1 N–H and O–H groups in total. The summed E-state index contributed by atoms with van der Waals surface area (Å²) in [5, 5.41) is 8.91. The van der Waals surface area contributed by atoms with Gasteiger partial charge in [0.1, 0.15) is 11.0 Å². The van der Waals surface area contributed by atoms with Crippen LogP contribution in [0.2, 0.25) is 10.2 Å². The molecule has 3 aromatic rings. The zero-order chi connectivity index (χ0) is 16.5. The Hall–Kier alpha value is -1.89. The number of hydrogen-bond donors (Lipinski definition) is 1. The van der Waals surface area contributed by atoms with Crippen LogP contribution in [0.25, 0.3) is 5.65 Å². The van der Waals surface area contributed by atoms with Gasteiger partial charge in [0.15, 0.2) is 5.65 Å². The standard InChI is InChI=1S/C16H16Cl2N6/c17-15-11(3-5-20-16(15)18)9-23-7-4-12(10-23)21-13-1-2-14-19-6-8-24(14)22-13/h1-3,5-6,8,12H,4,7,9-10H2,(H,21,22)/t12-/m0/s1. The highest BCUT2D eigenvalue weighted by molar-refractivity contribution is 6.41. The molecule has 0 spiro atoms. The summed E-state index contributed by atoms with van der Waals surface area (Å²) >= 11 is 12.2. The molecule has 4 rings (SSSR count). The van der Waals surface area contributed by atoms with E-state index >= 15 is 0 Å². The van der Waals surface area contributed by atoms with E-state index in [1.165, 1.54) is 0 Å². The molecule has 0 unspecified atom stereocenters. The first-order chi connectivity index (χ1) is 11.7. The lowest BCUT2D eigenvalue weighted by Crippen LogP contribution is -2.26. The van der Waals surface area contributed by atoms with Gasteiger partial charge < -0.3 is 5.32 Å². The first-order valence-electron chi connectivity index (χ1n) is 7.77. The van der Waals surface area contributed by atoms with Gasteiger partial charge in [-0.3, -0.25) is 4.90 Å². The lowest BCUT2D eigenvalue weighted by molar-refractivity contribution is 0.328. The first-order valence-corrected chi connectivity index (χ1v) is 8.53. The van der Waals surface area contributed by atoms with Gasteiger partial charge in [-0.05, 0) is 30.2 Å². The van der Waals surface area contributed by atoms with Crippen molar-refractivity contribution >= 4 is 34.7 Å². The van der Waals surface area contributed by atoms with Crippen molar-refractivity contribution < 1.29 is 0 Å². The fourth-order valence-electron chi connectivity index (χ4n) is 3.01. The zero-order valence-corrected chi connectivity index (χ0v) is 14.4. The highest BCUT2D eigenvalue weighted by Crippen LogP contribution is 2.26. The largest absolute Gasteiger partial charge is 0.365 e. The van der Waals surface area contributed by atoms with Crippen molar-refractivity contribution in [3.05, 3.63) is 52.5 Å². The minimum absolute atomic E-state index is 0.356. The molecule has 1 aliphatic heterocycles. The summed E-state index contributed by atoms with van der Waals surface area (Å²) in [7, 11) is 0. The molecule has 1 aliphatic rings. The van der Waals surface area contributed by atoms with E-state index in [2.05, 4.69) is 25.3 Å². The van der Waals surface area contributed by atoms with Crippen molar-refractivity contribution in [2.45, 2.75) is 19.0 Å². The normalized spacial score (nSPS) is 18.3. The van der Waals surface area contributed by atoms with Crippen molar-refractivity contribution in [2.75, 3.05) is 18.4 Å². The van der Waals surface area contributed by atoms with E-state index in [1.807, 2.05) is 24.4 Å². The number of likely N-dealkylation sites (tertiary alicyclic amines) is 1. The minimum Gasteiger partial charge on any atom is -0.365 e. The molecule has 0 bridgehead atoms. The van der Waals surface area contributed by atoms with Gasteiger partial charge in [-0.2, -0.15) is 0 Å². The summed E-state index contributed by atoms with van der Waals surface area (Å²) in [6.45, 7) is 2.70. The van der Waals surface area contributed by atoms with Crippen molar-refractivity contribution in [3.8, 4) is 0 Å². The van der Waals surface area contributed by atoms with Gasteiger partial charge in [-0.25, -0.2) is 14.5 Å². The molecule has 4 heterocycles. The lowest BCUT2D eigenvalue weighted by atomic mass is 10.2. The number of nitrogens with one attached hydrogen (secondary N) is 1. The summed E-state index contributed by atoms with van der Waals surface area (Å²) in [5.74, 6) is 0.859. The number of nitrogens with zero attached hydrogens (tertiary/aromatic N) is 5. The molecule has 1 atom stereocenters. The van der Waals surface area contributed by atoms with E-state index in [1.54, 1.807) is 16.9 Å². The number of fused-ring (bicyclic) bond motifs is 1. The average molecular weight is 363 g/mol. The Labute approximate surface area is 149 Å². The third-order valence-corrected chi connectivity index (χ3v) is 5.01. The van der Waals surface area contributed by atoms with E-state index in [0.29, 0.717) is 16.2 Å². The molecule has 0 amide bonds. The zero-order valence-electron chi connectivity index (χ0n) is 12.9. The summed E-state index contributed by atoms with van der Waals surface area (Å²) in [4.78, 5) is 10.5. The Balaban J connectivity index is 1.40. The third kappa shape index (κ3) is 3.17. The molecule has 24 heavy (non-hydrogen) atoms. The van der Waals surface area contributed by atoms with Crippen LogP contribution < -0.4 is 5.32 Å². The summed E-state index contributed by atoms with van der Waals surface area (Å²) in [6, 6.07) is 6.20. The van der Waals surface area contributed by atoms with E-state index in [4.69, 9.17) is 23.2 Å². The van der Waals surface area contributed by atoms with Crippen molar-refractivity contribution in [3.63, 3.8) is 0 Å². The monoisotopic (exact) mass is 362 g/mol. The highest BCUT2D eigenvalue weighted by atomic mass is 35.5. The fraction of sp³-hybridized carbons (Fsp3) is 0.312. The predicted molar refractivity (Wildman–Crippen MR) is 94.5 cm³/mol. The van der Waals surface area contributed by atoms with Crippen LogP contribution in [-0.2, 0) is 6.54 Å². The van der Waals surface area contributed by atoms with Crippen molar-refractivity contribution in [2.24, 2.45) is 0 Å². The quantitative estimate of drug-likeness (QED) is 0.722. The average Bonchev–Trinajstić information content (AvgIpc) is 3.21. The van der Waals surface area contributed by atoms with Crippen molar-refractivity contribution in [1.29, 1.82) is 0 Å². The topological polar surface area (TPSA) is 58.4 Å².